The number of hydrogen-bond donors (Lipinski definition) is 2. The lowest BCUT2D eigenvalue weighted by atomic mass is 10.1. The van der Waals surface area contributed by atoms with E-state index >= 15 is 0 Å². The van der Waals surface area contributed by atoms with Crippen molar-refractivity contribution >= 4 is 5.91 Å². The minimum Gasteiger partial charge on any atom is -0.387 e. The lowest BCUT2D eigenvalue weighted by molar-refractivity contribution is -0.137. The smallest absolute Gasteiger partial charge is 0.387 e. The summed E-state index contributed by atoms with van der Waals surface area (Å²) in [5.41, 5.74) is 0.999. The van der Waals surface area contributed by atoms with E-state index in [1.54, 1.807) is 13.8 Å². The highest BCUT2D eigenvalue weighted by atomic mass is 19.4. The molecule has 2 N–H and O–H groups in total. The van der Waals surface area contributed by atoms with Crippen molar-refractivity contribution in [3.63, 3.8) is 0 Å². The van der Waals surface area contributed by atoms with E-state index in [0.29, 0.717) is 17.0 Å². The standard InChI is InChI=1S/C22H20F5N3O2/c1-12-17(10-21(32)28-11-20(31)14-6-7-18(23)19(24)8-14)13(2)30(29-12)16-5-3-4-15(9-16)22(25,26)27/h3-9,20,31H,10-11H2,1-2H3,(H,28,32). The van der Waals surface area contributed by atoms with Crippen LogP contribution in [-0.2, 0) is 17.4 Å². The second-order valence-electron chi connectivity index (χ2n) is 7.28. The van der Waals surface area contributed by atoms with Crippen LogP contribution in [0.4, 0.5) is 22.0 Å². The van der Waals surface area contributed by atoms with Gasteiger partial charge in [-0.15, -0.1) is 0 Å². The molecular formula is C22H20F5N3O2. The number of aryl methyl sites for hydroxylation is 1. The van der Waals surface area contributed by atoms with Crippen molar-refractivity contribution < 1.29 is 31.9 Å². The van der Waals surface area contributed by atoms with Crippen molar-refractivity contribution in [1.29, 1.82) is 0 Å². The third-order valence-corrected chi connectivity index (χ3v) is 5.02. The Kier molecular flexibility index (Phi) is 6.63. The third kappa shape index (κ3) is 5.13. The normalized spacial score (nSPS) is 12.6. The molecule has 0 radical (unpaired) electrons. The zero-order valence-corrected chi connectivity index (χ0v) is 17.2. The van der Waals surface area contributed by atoms with Gasteiger partial charge in [-0.2, -0.15) is 18.3 Å². The molecule has 0 aliphatic carbocycles. The van der Waals surface area contributed by atoms with Crippen LogP contribution in [0.3, 0.4) is 0 Å². The summed E-state index contributed by atoms with van der Waals surface area (Å²) in [5, 5.41) is 16.9. The molecule has 1 atom stereocenters. The summed E-state index contributed by atoms with van der Waals surface area (Å²) < 4.78 is 66.7. The second kappa shape index (κ2) is 9.07. The zero-order valence-electron chi connectivity index (χ0n) is 17.2. The fraction of sp³-hybridized carbons (Fsp3) is 0.273. The number of nitrogens with one attached hydrogen (secondary N) is 1. The molecular weight excluding hydrogens is 433 g/mol. The van der Waals surface area contributed by atoms with Crippen LogP contribution in [0.25, 0.3) is 5.69 Å². The van der Waals surface area contributed by atoms with Crippen LogP contribution in [0.1, 0.15) is 34.2 Å². The number of aromatic nitrogens is 2. The number of aliphatic hydroxyl groups excluding tert-OH is 1. The van der Waals surface area contributed by atoms with Crippen molar-refractivity contribution in [2.45, 2.75) is 32.5 Å². The molecule has 3 aromatic rings. The number of hydrogen-bond acceptors (Lipinski definition) is 3. The lowest BCUT2D eigenvalue weighted by Crippen LogP contribution is -2.30. The maximum atomic E-state index is 13.3. The first-order valence-corrected chi connectivity index (χ1v) is 9.60. The Labute approximate surface area is 180 Å². The van der Waals surface area contributed by atoms with Crippen LogP contribution in [0.15, 0.2) is 42.5 Å². The molecule has 3 rings (SSSR count). The van der Waals surface area contributed by atoms with E-state index in [4.69, 9.17) is 0 Å². The summed E-state index contributed by atoms with van der Waals surface area (Å²) in [4.78, 5) is 12.4. The summed E-state index contributed by atoms with van der Waals surface area (Å²) in [7, 11) is 0. The summed E-state index contributed by atoms with van der Waals surface area (Å²) in [6.45, 7) is 3.04. The number of halogens is 5. The second-order valence-corrected chi connectivity index (χ2v) is 7.28. The molecule has 0 fully saturated rings. The van der Waals surface area contributed by atoms with Crippen LogP contribution in [0, 0.1) is 25.5 Å². The molecule has 170 valence electrons. The van der Waals surface area contributed by atoms with Gasteiger partial charge in [-0.3, -0.25) is 4.79 Å². The molecule has 0 bridgehead atoms. The van der Waals surface area contributed by atoms with E-state index in [2.05, 4.69) is 10.4 Å². The van der Waals surface area contributed by atoms with Gasteiger partial charge in [0.15, 0.2) is 11.6 Å². The first kappa shape index (κ1) is 23.4. The number of aliphatic hydroxyl groups is 1. The number of alkyl halides is 3. The van der Waals surface area contributed by atoms with Crippen molar-refractivity contribution in [3.8, 4) is 5.69 Å². The Morgan fingerprint density at radius 2 is 1.84 bits per heavy atom. The minimum atomic E-state index is -4.50. The molecule has 10 heteroatoms. The van der Waals surface area contributed by atoms with Crippen molar-refractivity contribution in [3.05, 3.63) is 82.2 Å². The van der Waals surface area contributed by atoms with Crippen LogP contribution in [0.2, 0.25) is 0 Å². The lowest BCUT2D eigenvalue weighted by Gasteiger charge is -2.13. The summed E-state index contributed by atoms with van der Waals surface area (Å²) in [5.74, 6) is -2.63. The highest BCUT2D eigenvalue weighted by molar-refractivity contribution is 5.79. The van der Waals surface area contributed by atoms with E-state index in [0.717, 1.165) is 24.3 Å². The van der Waals surface area contributed by atoms with Crippen molar-refractivity contribution in [1.82, 2.24) is 15.1 Å². The number of nitrogens with zero attached hydrogens (tertiary/aromatic N) is 2. The largest absolute Gasteiger partial charge is 0.416 e. The minimum absolute atomic E-state index is 0.105. The SMILES string of the molecule is Cc1nn(-c2cccc(C(F)(F)F)c2)c(C)c1CC(=O)NCC(O)c1ccc(F)c(F)c1. The Bertz CT molecular complexity index is 1140. The van der Waals surface area contributed by atoms with E-state index < -0.39 is 35.4 Å². The van der Waals surface area contributed by atoms with Crippen LogP contribution < -0.4 is 5.32 Å². The van der Waals surface area contributed by atoms with Crippen LogP contribution in [-0.4, -0.2) is 27.3 Å². The maximum Gasteiger partial charge on any atom is 0.416 e. The van der Waals surface area contributed by atoms with E-state index in [-0.39, 0.29) is 24.2 Å². The molecule has 0 saturated heterocycles. The summed E-state index contributed by atoms with van der Waals surface area (Å²) in [6.07, 6.45) is -5.87. The van der Waals surface area contributed by atoms with Gasteiger partial charge < -0.3 is 10.4 Å². The molecule has 32 heavy (non-hydrogen) atoms. The van der Waals surface area contributed by atoms with Gasteiger partial charge in [-0.1, -0.05) is 12.1 Å². The molecule has 0 aliphatic heterocycles. The molecule has 0 saturated carbocycles. The first-order chi connectivity index (χ1) is 15.0. The van der Waals surface area contributed by atoms with E-state index in [9.17, 15) is 31.9 Å². The van der Waals surface area contributed by atoms with E-state index in [1.165, 1.54) is 22.9 Å². The highest BCUT2D eigenvalue weighted by Crippen LogP contribution is 2.31. The molecule has 2 aromatic carbocycles. The number of carbonyl (C=O) groups is 1. The molecule has 1 amide bonds. The summed E-state index contributed by atoms with van der Waals surface area (Å²) in [6, 6.07) is 7.63. The van der Waals surface area contributed by atoms with Gasteiger partial charge in [0.1, 0.15) is 0 Å². The van der Waals surface area contributed by atoms with Gasteiger partial charge in [-0.25, -0.2) is 13.5 Å². The van der Waals surface area contributed by atoms with Crippen molar-refractivity contribution in [2.75, 3.05) is 6.54 Å². The van der Waals surface area contributed by atoms with Gasteiger partial charge in [0.05, 0.1) is 29.5 Å². The average Bonchev–Trinajstić information content (AvgIpc) is 3.01. The van der Waals surface area contributed by atoms with Gasteiger partial charge >= 0.3 is 6.18 Å². The Morgan fingerprint density at radius 1 is 1.12 bits per heavy atom. The van der Waals surface area contributed by atoms with Crippen LogP contribution >= 0.6 is 0 Å². The third-order valence-electron chi connectivity index (χ3n) is 5.02. The van der Waals surface area contributed by atoms with Gasteiger partial charge in [-0.05, 0) is 49.7 Å². The van der Waals surface area contributed by atoms with E-state index in [1.807, 2.05) is 0 Å². The highest BCUT2D eigenvalue weighted by Gasteiger charge is 2.30. The van der Waals surface area contributed by atoms with Crippen LogP contribution in [0.5, 0.6) is 0 Å². The number of carbonyl (C=O) groups excluding carboxylic acids is 1. The predicted octanol–water partition coefficient (Wildman–Crippen LogP) is 4.18. The molecule has 1 aromatic heterocycles. The zero-order chi connectivity index (χ0) is 23.6. The Balaban J connectivity index is 1.71. The summed E-state index contributed by atoms with van der Waals surface area (Å²) >= 11 is 0. The predicted molar refractivity (Wildman–Crippen MR) is 106 cm³/mol. The average molecular weight is 453 g/mol. The van der Waals surface area contributed by atoms with Crippen molar-refractivity contribution in [2.24, 2.45) is 0 Å². The maximum absolute atomic E-state index is 13.3. The number of amides is 1. The first-order valence-electron chi connectivity index (χ1n) is 9.60. The Morgan fingerprint density at radius 3 is 2.50 bits per heavy atom. The monoisotopic (exact) mass is 453 g/mol. The fourth-order valence-corrected chi connectivity index (χ4v) is 3.27. The quantitative estimate of drug-likeness (QED) is 0.551. The Hall–Kier alpha value is -3.27. The molecule has 5 nitrogen and oxygen atoms in total. The molecule has 1 heterocycles. The topological polar surface area (TPSA) is 67.2 Å². The number of benzene rings is 2. The molecule has 0 aliphatic rings. The van der Waals surface area contributed by atoms with Gasteiger partial charge in [0.2, 0.25) is 5.91 Å². The molecule has 0 spiro atoms. The van der Waals surface area contributed by atoms with Gasteiger partial charge in [0, 0.05) is 17.8 Å². The fourth-order valence-electron chi connectivity index (χ4n) is 3.27. The van der Waals surface area contributed by atoms with Gasteiger partial charge in [0.25, 0.3) is 0 Å². The number of rotatable bonds is 6. The molecule has 1 unspecified atom stereocenters.